The van der Waals surface area contributed by atoms with Crippen LogP contribution in [0.4, 0.5) is 0 Å². The Balaban J connectivity index is 0.00000225. The van der Waals surface area contributed by atoms with Gasteiger partial charge in [0, 0.05) is 25.7 Å². The smallest absolute Gasteiger partial charge is 0.194 e. The topological polar surface area (TPSA) is 53.7 Å². The number of nitrogens with one attached hydrogen (secondary N) is 1. The number of rotatable bonds is 4. The van der Waals surface area contributed by atoms with Crippen molar-refractivity contribution in [1.29, 1.82) is 0 Å². The summed E-state index contributed by atoms with van der Waals surface area (Å²) in [5.74, 6) is 2.27. The summed E-state index contributed by atoms with van der Waals surface area (Å²) in [5.41, 5.74) is 1.55. The molecule has 1 N–H and O–H groups in total. The molecule has 3 rings (SSSR count). The van der Waals surface area contributed by atoms with E-state index in [9.17, 15) is 0 Å². The molecule has 0 bridgehead atoms. The van der Waals surface area contributed by atoms with E-state index in [1.807, 2.05) is 6.07 Å². The van der Waals surface area contributed by atoms with Crippen molar-refractivity contribution in [3.05, 3.63) is 17.5 Å². The van der Waals surface area contributed by atoms with Crippen LogP contribution in [-0.4, -0.2) is 35.7 Å². The first-order valence-corrected chi connectivity index (χ1v) is 9.61. The quantitative estimate of drug-likeness (QED) is 0.407. The lowest BCUT2D eigenvalue weighted by Crippen LogP contribution is -2.41. The third kappa shape index (κ3) is 5.11. The van der Waals surface area contributed by atoms with Crippen LogP contribution in [0.1, 0.15) is 76.7 Å². The zero-order chi connectivity index (χ0) is 17.0. The Hall–Kier alpha value is -0.790. The number of halogens is 1. The molecular formula is C19H33IN4O. The lowest BCUT2D eigenvalue weighted by atomic mass is 9.73. The Bertz CT molecular complexity index is 564. The van der Waals surface area contributed by atoms with E-state index in [1.165, 1.54) is 38.5 Å². The summed E-state index contributed by atoms with van der Waals surface area (Å²) < 4.78 is 5.42. The largest absolute Gasteiger partial charge is 0.359 e. The van der Waals surface area contributed by atoms with Gasteiger partial charge in [-0.05, 0) is 37.5 Å². The maximum absolute atomic E-state index is 5.42. The first kappa shape index (κ1) is 20.5. The molecule has 1 aromatic heterocycles. The first-order valence-electron chi connectivity index (χ1n) is 9.61. The van der Waals surface area contributed by atoms with E-state index in [0.717, 1.165) is 37.0 Å². The molecule has 25 heavy (non-hydrogen) atoms. The minimum Gasteiger partial charge on any atom is -0.359 e. The van der Waals surface area contributed by atoms with Gasteiger partial charge in [0.25, 0.3) is 0 Å². The molecule has 1 saturated carbocycles. The summed E-state index contributed by atoms with van der Waals surface area (Å²) in [6.45, 7) is 10.1. The Morgan fingerprint density at radius 2 is 2.08 bits per heavy atom. The summed E-state index contributed by atoms with van der Waals surface area (Å²) in [6.07, 6.45) is 8.32. The van der Waals surface area contributed by atoms with Crippen LogP contribution in [0.3, 0.4) is 0 Å². The minimum absolute atomic E-state index is 0. The van der Waals surface area contributed by atoms with Crippen LogP contribution in [0.2, 0.25) is 0 Å². The highest BCUT2D eigenvalue weighted by atomic mass is 127. The molecule has 1 aromatic rings. The highest BCUT2D eigenvalue weighted by Crippen LogP contribution is 2.43. The Kier molecular flexibility index (Phi) is 7.58. The van der Waals surface area contributed by atoms with Gasteiger partial charge in [0.15, 0.2) is 11.7 Å². The summed E-state index contributed by atoms with van der Waals surface area (Å²) in [5, 5.41) is 7.59. The second-order valence-electron chi connectivity index (χ2n) is 7.78. The fourth-order valence-electron chi connectivity index (χ4n) is 4.08. The minimum atomic E-state index is 0. The first-order chi connectivity index (χ1) is 11.6. The van der Waals surface area contributed by atoms with E-state index in [-0.39, 0.29) is 24.0 Å². The fourth-order valence-corrected chi connectivity index (χ4v) is 4.08. The number of aliphatic imine (C=N–C) groups is 1. The van der Waals surface area contributed by atoms with Crippen molar-refractivity contribution >= 4 is 29.9 Å². The molecule has 6 heteroatoms. The summed E-state index contributed by atoms with van der Waals surface area (Å²) >= 11 is 0. The molecule has 1 aliphatic carbocycles. The third-order valence-corrected chi connectivity index (χ3v) is 5.54. The maximum Gasteiger partial charge on any atom is 0.194 e. The average molecular weight is 460 g/mol. The number of guanidine groups is 1. The molecule has 2 heterocycles. The standard InChI is InChI=1S/C19H32N4O.HI/c1-4-20-18(21-13-16-12-17(15(2)3)22-24-16)23-11-10-19(14-23)8-6-5-7-9-19;/h12,15H,4-11,13-14H2,1-3H3,(H,20,21);1H. The number of likely N-dealkylation sites (tertiary alicyclic amines) is 1. The van der Waals surface area contributed by atoms with Crippen molar-refractivity contribution in [2.45, 2.75) is 71.8 Å². The van der Waals surface area contributed by atoms with Crippen molar-refractivity contribution in [3.8, 4) is 0 Å². The number of hydrogen-bond donors (Lipinski definition) is 1. The van der Waals surface area contributed by atoms with Crippen molar-refractivity contribution in [3.63, 3.8) is 0 Å². The average Bonchev–Trinajstić information content (AvgIpc) is 3.20. The van der Waals surface area contributed by atoms with Crippen LogP contribution in [0.25, 0.3) is 0 Å². The Morgan fingerprint density at radius 3 is 2.72 bits per heavy atom. The molecule has 142 valence electrons. The van der Waals surface area contributed by atoms with Gasteiger partial charge in [-0.15, -0.1) is 24.0 Å². The van der Waals surface area contributed by atoms with Crippen LogP contribution < -0.4 is 5.32 Å². The predicted octanol–water partition coefficient (Wildman–Crippen LogP) is 4.54. The normalized spacial score (nSPS) is 20.2. The zero-order valence-electron chi connectivity index (χ0n) is 15.9. The lowest BCUT2D eigenvalue weighted by Gasteiger charge is -2.33. The van der Waals surface area contributed by atoms with Gasteiger partial charge in [-0.25, -0.2) is 4.99 Å². The molecule has 1 saturated heterocycles. The Morgan fingerprint density at radius 1 is 1.32 bits per heavy atom. The molecule has 0 unspecified atom stereocenters. The fraction of sp³-hybridized carbons (Fsp3) is 0.789. The van der Waals surface area contributed by atoms with Gasteiger partial charge >= 0.3 is 0 Å². The van der Waals surface area contributed by atoms with Gasteiger partial charge in [-0.2, -0.15) is 0 Å². The van der Waals surface area contributed by atoms with Crippen molar-refractivity contribution in [1.82, 2.24) is 15.4 Å². The molecule has 1 spiro atoms. The van der Waals surface area contributed by atoms with E-state index in [2.05, 4.69) is 36.1 Å². The molecule has 0 atom stereocenters. The van der Waals surface area contributed by atoms with Gasteiger partial charge in [-0.1, -0.05) is 38.3 Å². The van der Waals surface area contributed by atoms with E-state index < -0.39 is 0 Å². The second kappa shape index (κ2) is 9.24. The van der Waals surface area contributed by atoms with Gasteiger partial charge in [0.2, 0.25) is 0 Å². The predicted molar refractivity (Wildman–Crippen MR) is 113 cm³/mol. The number of aromatic nitrogens is 1. The second-order valence-corrected chi connectivity index (χ2v) is 7.78. The molecule has 1 aliphatic heterocycles. The monoisotopic (exact) mass is 460 g/mol. The summed E-state index contributed by atoms with van der Waals surface area (Å²) in [7, 11) is 0. The number of hydrogen-bond acceptors (Lipinski definition) is 3. The van der Waals surface area contributed by atoms with Crippen molar-refractivity contribution in [2.75, 3.05) is 19.6 Å². The van der Waals surface area contributed by atoms with Crippen LogP contribution in [0.5, 0.6) is 0 Å². The van der Waals surface area contributed by atoms with Crippen molar-refractivity contribution < 1.29 is 4.52 Å². The molecule has 2 aliphatic rings. The summed E-state index contributed by atoms with van der Waals surface area (Å²) in [6, 6.07) is 2.03. The van der Waals surface area contributed by atoms with Crippen molar-refractivity contribution in [2.24, 2.45) is 10.4 Å². The van der Waals surface area contributed by atoms with E-state index >= 15 is 0 Å². The summed E-state index contributed by atoms with van der Waals surface area (Å²) in [4.78, 5) is 7.27. The van der Waals surface area contributed by atoms with E-state index in [4.69, 9.17) is 9.52 Å². The molecule has 0 radical (unpaired) electrons. The highest BCUT2D eigenvalue weighted by Gasteiger charge is 2.39. The van der Waals surface area contributed by atoms with Gasteiger partial charge in [-0.3, -0.25) is 0 Å². The van der Waals surface area contributed by atoms with Gasteiger partial charge in [0.1, 0.15) is 6.54 Å². The van der Waals surface area contributed by atoms with E-state index in [1.54, 1.807) is 0 Å². The van der Waals surface area contributed by atoms with Gasteiger partial charge in [0.05, 0.1) is 5.69 Å². The van der Waals surface area contributed by atoms with E-state index in [0.29, 0.717) is 17.9 Å². The maximum atomic E-state index is 5.42. The SMILES string of the molecule is CCNC(=NCc1cc(C(C)C)no1)N1CCC2(CCCCC2)C1.I. The van der Waals surface area contributed by atoms with Crippen LogP contribution in [-0.2, 0) is 6.54 Å². The molecule has 0 amide bonds. The zero-order valence-corrected chi connectivity index (χ0v) is 18.2. The van der Waals surface area contributed by atoms with Crippen LogP contribution >= 0.6 is 24.0 Å². The third-order valence-electron chi connectivity index (χ3n) is 5.54. The highest BCUT2D eigenvalue weighted by molar-refractivity contribution is 14.0. The molecular weight excluding hydrogens is 427 g/mol. The lowest BCUT2D eigenvalue weighted by molar-refractivity contribution is 0.203. The molecule has 2 fully saturated rings. The van der Waals surface area contributed by atoms with Gasteiger partial charge < -0.3 is 14.7 Å². The van der Waals surface area contributed by atoms with Crippen LogP contribution in [0.15, 0.2) is 15.6 Å². The Labute approximate surface area is 169 Å². The molecule has 0 aromatic carbocycles. The molecule has 5 nitrogen and oxygen atoms in total. The van der Waals surface area contributed by atoms with Crippen LogP contribution in [0, 0.1) is 5.41 Å². The number of nitrogens with zero attached hydrogens (tertiary/aromatic N) is 3.